The molecule has 82 valence electrons. The first-order chi connectivity index (χ1) is 6.44. The van der Waals surface area contributed by atoms with Gasteiger partial charge in [0.15, 0.2) is 0 Å². The first-order valence-electron chi connectivity index (χ1n) is 4.80. The van der Waals surface area contributed by atoms with E-state index in [-0.39, 0.29) is 5.97 Å². The number of carbonyl (C=O) groups excluding carboxylic acids is 1. The number of rotatable bonds is 3. The molecule has 0 aromatic rings. The van der Waals surface area contributed by atoms with Crippen molar-refractivity contribution in [2.75, 3.05) is 27.2 Å². The Morgan fingerprint density at radius 1 is 1.57 bits per heavy atom. The van der Waals surface area contributed by atoms with Gasteiger partial charge in [-0.05, 0) is 6.92 Å². The molecule has 14 heavy (non-hydrogen) atoms. The van der Waals surface area contributed by atoms with Crippen molar-refractivity contribution in [3.63, 3.8) is 0 Å². The Bertz CT molecular complexity index is 232. The van der Waals surface area contributed by atoms with Gasteiger partial charge < -0.3 is 4.48 Å². The third kappa shape index (κ3) is 2.04. The van der Waals surface area contributed by atoms with Gasteiger partial charge in [-0.2, -0.15) is 4.89 Å². The lowest BCUT2D eigenvalue weighted by molar-refractivity contribution is -0.899. The molecule has 0 aromatic heterocycles. The van der Waals surface area contributed by atoms with E-state index in [0.717, 1.165) is 19.4 Å². The van der Waals surface area contributed by atoms with Gasteiger partial charge in [0.2, 0.25) is 3.55 Å². The normalized spacial score (nSPS) is 30.3. The van der Waals surface area contributed by atoms with Crippen LogP contribution in [0, 0.1) is 0 Å². The highest BCUT2D eigenvalue weighted by molar-refractivity contribution is 14.1. The summed E-state index contributed by atoms with van der Waals surface area (Å²) in [6.07, 6.45) is 1.91. The second-order valence-corrected chi connectivity index (χ2v) is 5.83. The van der Waals surface area contributed by atoms with Crippen LogP contribution < -0.4 is 0 Å². The Kier molecular flexibility index (Phi) is 3.76. The van der Waals surface area contributed by atoms with Crippen molar-refractivity contribution in [2.45, 2.75) is 23.3 Å². The SMILES string of the molecule is CCOOC(=O)[C@]1(I)CCC[N+]1(C)C. The molecule has 0 amide bonds. The molecule has 1 rings (SSSR count). The zero-order valence-electron chi connectivity index (χ0n) is 8.88. The molecule has 1 aliphatic rings. The summed E-state index contributed by atoms with van der Waals surface area (Å²) in [5.74, 6) is -0.262. The van der Waals surface area contributed by atoms with E-state index >= 15 is 0 Å². The minimum Gasteiger partial charge on any atom is -0.306 e. The summed E-state index contributed by atoms with van der Waals surface area (Å²) < 4.78 is 0.187. The maximum absolute atomic E-state index is 11.8. The Balaban J connectivity index is 2.69. The van der Waals surface area contributed by atoms with Gasteiger partial charge in [-0.3, -0.25) is 4.89 Å². The quantitative estimate of drug-likeness (QED) is 0.198. The minimum atomic E-state index is -0.479. The van der Waals surface area contributed by atoms with Crippen molar-refractivity contribution in [3.8, 4) is 0 Å². The first-order valence-corrected chi connectivity index (χ1v) is 5.88. The molecule has 0 bridgehead atoms. The van der Waals surface area contributed by atoms with Crippen LogP contribution in [0.1, 0.15) is 19.8 Å². The number of quaternary nitrogens is 1. The Morgan fingerprint density at radius 2 is 2.21 bits per heavy atom. The van der Waals surface area contributed by atoms with Crippen LogP contribution in [0.15, 0.2) is 0 Å². The summed E-state index contributed by atoms with van der Waals surface area (Å²) in [4.78, 5) is 21.2. The Morgan fingerprint density at radius 3 is 2.64 bits per heavy atom. The third-order valence-corrected chi connectivity index (χ3v) is 5.04. The molecule has 1 fully saturated rings. The standard InChI is InChI=1S/C9H17INO3/c1-4-13-14-8(12)9(10)6-5-7-11(9,2)3/h4-7H2,1-3H3/q+1/t9-/m0/s1. The van der Waals surface area contributed by atoms with Gasteiger partial charge >= 0.3 is 5.97 Å². The molecular weight excluding hydrogens is 297 g/mol. The fourth-order valence-electron chi connectivity index (χ4n) is 1.71. The molecule has 1 atom stereocenters. The lowest BCUT2D eigenvalue weighted by Crippen LogP contribution is -2.56. The average molecular weight is 314 g/mol. The monoisotopic (exact) mass is 314 g/mol. The highest BCUT2D eigenvalue weighted by atomic mass is 127. The van der Waals surface area contributed by atoms with E-state index in [1.807, 2.05) is 14.1 Å². The molecule has 0 N–H and O–H groups in total. The smallest absolute Gasteiger partial charge is 0.306 e. The molecule has 1 saturated heterocycles. The summed E-state index contributed by atoms with van der Waals surface area (Å²) in [5.41, 5.74) is 0. The van der Waals surface area contributed by atoms with E-state index in [1.54, 1.807) is 6.92 Å². The molecule has 0 spiro atoms. The molecule has 1 aliphatic heterocycles. The number of likely N-dealkylation sites (N-methyl/N-ethyl adjacent to an activating group) is 1. The van der Waals surface area contributed by atoms with Crippen LogP contribution in [-0.2, 0) is 14.6 Å². The molecule has 0 saturated carbocycles. The van der Waals surface area contributed by atoms with Crippen molar-refractivity contribution >= 4 is 28.6 Å². The number of alkyl halides is 1. The van der Waals surface area contributed by atoms with Crippen molar-refractivity contribution in [2.24, 2.45) is 0 Å². The maximum Gasteiger partial charge on any atom is 0.412 e. The zero-order valence-corrected chi connectivity index (χ0v) is 11.0. The molecule has 5 heteroatoms. The summed E-state index contributed by atoms with van der Waals surface area (Å²) >= 11 is 2.19. The molecule has 4 nitrogen and oxygen atoms in total. The highest BCUT2D eigenvalue weighted by Gasteiger charge is 2.55. The summed E-state index contributed by atoms with van der Waals surface area (Å²) in [6, 6.07) is 0. The number of likely N-dealkylation sites (tertiary alicyclic amines) is 1. The zero-order chi connectivity index (χ0) is 10.8. The van der Waals surface area contributed by atoms with Crippen molar-refractivity contribution in [1.29, 1.82) is 0 Å². The van der Waals surface area contributed by atoms with Crippen LogP contribution in [0.5, 0.6) is 0 Å². The fourth-order valence-corrected chi connectivity index (χ4v) is 2.43. The van der Waals surface area contributed by atoms with Crippen molar-refractivity contribution in [3.05, 3.63) is 0 Å². The maximum atomic E-state index is 11.8. The number of hydrogen-bond acceptors (Lipinski definition) is 3. The van der Waals surface area contributed by atoms with E-state index in [4.69, 9.17) is 9.78 Å². The Labute approximate surface area is 98.2 Å². The Hall–Kier alpha value is 0.120. The molecule has 0 unspecified atom stereocenters. The topological polar surface area (TPSA) is 35.5 Å². The average Bonchev–Trinajstić information content (AvgIpc) is 2.38. The van der Waals surface area contributed by atoms with Crippen LogP contribution in [0.25, 0.3) is 0 Å². The lowest BCUT2D eigenvalue weighted by Gasteiger charge is -2.36. The summed E-state index contributed by atoms with van der Waals surface area (Å²) in [6.45, 7) is 3.19. The summed E-state index contributed by atoms with van der Waals surface area (Å²) in [5, 5.41) is 0. The third-order valence-electron chi connectivity index (χ3n) is 2.75. The summed E-state index contributed by atoms with van der Waals surface area (Å²) in [7, 11) is 4.10. The minimum absolute atomic E-state index is 0.262. The predicted molar refractivity (Wildman–Crippen MR) is 60.7 cm³/mol. The van der Waals surface area contributed by atoms with E-state index in [2.05, 4.69) is 22.6 Å². The van der Waals surface area contributed by atoms with Gasteiger partial charge in [0.05, 0.1) is 27.2 Å². The second-order valence-electron chi connectivity index (χ2n) is 4.05. The fraction of sp³-hybridized carbons (Fsp3) is 0.889. The molecule has 0 aromatic carbocycles. The van der Waals surface area contributed by atoms with Crippen molar-refractivity contribution in [1.82, 2.24) is 0 Å². The van der Waals surface area contributed by atoms with E-state index in [9.17, 15) is 4.79 Å². The largest absolute Gasteiger partial charge is 0.412 e. The van der Waals surface area contributed by atoms with Gasteiger partial charge in [0.1, 0.15) is 0 Å². The molecule has 0 radical (unpaired) electrons. The number of carbonyl (C=O) groups is 1. The highest BCUT2D eigenvalue weighted by Crippen LogP contribution is 2.40. The van der Waals surface area contributed by atoms with Crippen LogP contribution in [0.4, 0.5) is 0 Å². The number of hydrogen-bond donors (Lipinski definition) is 0. The van der Waals surface area contributed by atoms with Gasteiger partial charge in [0, 0.05) is 35.4 Å². The second kappa shape index (κ2) is 4.32. The van der Waals surface area contributed by atoms with Crippen LogP contribution in [-0.4, -0.2) is 41.2 Å². The van der Waals surface area contributed by atoms with Gasteiger partial charge in [-0.1, -0.05) is 0 Å². The molecule has 1 heterocycles. The van der Waals surface area contributed by atoms with E-state index < -0.39 is 3.55 Å². The van der Waals surface area contributed by atoms with Gasteiger partial charge in [0.25, 0.3) is 0 Å². The van der Waals surface area contributed by atoms with Gasteiger partial charge in [-0.15, -0.1) is 0 Å². The number of nitrogens with zero attached hydrogens (tertiary/aromatic N) is 1. The van der Waals surface area contributed by atoms with E-state index in [1.165, 1.54) is 0 Å². The molecule has 0 aliphatic carbocycles. The molecular formula is C9H17INO3+. The lowest BCUT2D eigenvalue weighted by atomic mass is 10.2. The van der Waals surface area contributed by atoms with Crippen LogP contribution in [0.2, 0.25) is 0 Å². The number of halogens is 1. The van der Waals surface area contributed by atoms with Crippen molar-refractivity contribution < 1.29 is 19.1 Å². The first kappa shape index (κ1) is 12.2. The van der Waals surface area contributed by atoms with Gasteiger partial charge in [-0.25, -0.2) is 4.79 Å². The predicted octanol–water partition coefficient (Wildman–Crippen LogP) is 1.48. The van der Waals surface area contributed by atoms with Crippen LogP contribution >= 0.6 is 22.6 Å². The van der Waals surface area contributed by atoms with E-state index in [0.29, 0.717) is 11.1 Å². The van der Waals surface area contributed by atoms with Crippen LogP contribution in [0.3, 0.4) is 0 Å².